The van der Waals surface area contributed by atoms with Gasteiger partial charge in [0.25, 0.3) is 0 Å². The summed E-state index contributed by atoms with van der Waals surface area (Å²) in [5.74, 6) is -1.01. The fourth-order valence-corrected chi connectivity index (χ4v) is 1.35. The highest BCUT2D eigenvalue weighted by Crippen LogP contribution is 2.08. The molecule has 1 amide bonds. The normalized spacial score (nSPS) is 10.2. The number of hydrogen-bond acceptors (Lipinski definition) is 4. The second-order valence-electron chi connectivity index (χ2n) is 3.97. The summed E-state index contributed by atoms with van der Waals surface area (Å²) in [7, 11) is 0. The highest BCUT2D eigenvalue weighted by atomic mass is 16.4. The van der Waals surface area contributed by atoms with E-state index in [2.05, 4.69) is 20.9 Å². The summed E-state index contributed by atoms with van der Waals surface area (Å²) in [6, 6.07) is 6.42. The van der Waals surface area contributed by atoms with Crippen molar-refractivity contribution >= 4 is 23.9 Å². The van der Waals surface area contributed by atoms with Crippen LogP contribution in [0.4, 0.5) is 5.69 Å². The zero-order chi connectivity index (χ0) is 14.8. The van der Waals surface area contributed by atoms with Crippen molar-refractivity contribution in [1.29, 1.82) is 0 Å². The first-order chi connectivity index (χ1) is 9.59. The van der Waals surface area contributed by atoms with Crippen molar-refractivity contribution in [2.45, 2.75) is 6.92 Å². The van der Waals surface area contributed by atoms with E-state index >= 15 is 0 Å². The molecule has 20 heavy (non-hydrogen) atoms. The Morgan fingerprint density at radius 2 is 1.95 bits per heavy atom. The molecule has 7 heteroatoms. The molecule has 0 spiro atoms. The van der Waals surface area contributed by atoms with E-state index in [9.17, 15) is 9.59 Å². The topological polar surface area (TPSA) is 103 Å². The Kier molecular flexibility index (Phi) is 6.60. The summed E-state index contributed by atoms with van der Waals surface area (Å²) in [6.07, 6.45) is 1.56. The number of rotatable bonds is 8. The smallest absolute Gasteiger partial charge is 0.335 e. The molecular formula is C13H18N4O3. The number of carboxylic acids is 1. The van der Waals surface area contributed by atoms with Crippen LogP contribution < -0.4 is 16.0 Å². The molecule has 1 rings (SSSR count). The van der Waals surface area contributed by atoms with Gasteiger partial charge in [-0.1, -0.05) is 0 Å². The lowest BCUT2D eigenvalue weighted by Crippen LogP contribution is -2.29. The van der Waals surface area contributed by atoms with Crippen LogP contribution in [-0.2, 0) is 4.79 Å². The van der Waals surface area contributed by atoms with Gasteiger partial charge in [0, 0.05) is 25.7 Å². The number of anilines is 1. The summed E-state index contributed by atoms with van der Waals surface area (Å²) in [5.41, 5.74) is 1.05. The maximum Gasteiger partial charge on any atom is 0.335 e. The van der Waals surface area contributed by atoms with E-state index in [0.29, 0.717) is 19.8 Å². The number of benzene rings is 1. The average Bonchev–Trinajstić information content (AvgIpc) is 2.42. The lowest BCUT2D eigenvalue weighted by molar-refractivity contribution is -0.118. The lowest BCUT2D eigenvalue weighted by atomic mass is 10.2. The molecule has 0 aromatic heterocycles. The Morgan fingerprint density at radius 1 is 1.25 bits per heavy atom. The maximum absolute atomic E-state index is 10.7. The van der Waals surface area contributed by atoms with Gasteiger partial charge in [0.1, 0.15) is 6.67 Å². The van der Waals surface area contributed by atoms with Gasteiger partial charge in [-0.05, 0) is 24.3 Å². The van der Waals surface area contributed by atoms with E-state index in [-0.39, 0.29) is 11.5 Å². The highest BCUT2D eigenvalue weighted by Gasteiger charge is 2.00. The van der Waals surface area contributed by atoms with Gasteiger partial charge in [0.05, 0.1) is 11.9 Å². The van der Waals surface area contributed by atoms with E-state index in [0.717, 1.165) is 5.69 Å². The van der Waals surface area contributed by atoms with E-state index in [4.69, 9.17) is 5.11 Å². The van der Waals surface area contributed by atoms with E-state index < -0.39 is 5.97 Å². The van der Waals surface area contributed by atoms with Crippen molar-refractivity contribution in [1.82, 2.24) is 10.6 Å². The molecule has 1 aromatic rings. The Labute approximate surface area is 117 Å². The summed E-state index contributed by atoms with van der Waals surface area (Å²) in [4.78, 5) is 25.3. The fourth-order valence-electron chi connectivity index (χ4n) is 1.35. The SMILES string of the molecule is CC(=O)NCCNC=NCNc1ccc(C(=O)O)cc1. The molecule has 0 aliphatic carbocycles. The third kappa shape index (κ3) is 6.39. The first kappa shape index (κ1) is 15.5. The van der Waals surface area contributed by atoms with Crippen LogP contribution in [-0.4, -0.2) is 43.1 Å². The number of carbonyl (C=O) groups excluding carboxylic acids is 1. The van der Waals surface area contributed by atoms with E-state index in [1.807, 2.05) is 0 Å². The molecule has 108 valence electrons. The van der Waals surface area contributed by atoms with Crippen molar-refractivity contribution in [2.24, 2.45) is 4.99 Å². The van der Waals surface area contributed by atoms with Crippen molar-refractivity contribution < 1.29 is 14.7 Å². The molecule has 0 aliphatic heterocycles. The zero-order valence-corrected chi connectivity index (χ0v) is 11.2. The lowest BCUT2D eigenvalue weighted by Gasteiger charge is -2.04. The van der Waals surface area contributed by atoms with Gasteiger partial charge in [-0.3, -0.25) is 9.79 Å². The quantitative estimate of drug-likeness (QED) is 0.315. The minimum atomic E-state index is -0.946. The van der Waals surface area contributed by atoms with Crippen LogP contribution in [0.25, 0.3) is 0 Å². The van der Waals surface area contributed by atoms with Crippen LogP contribution in [0, 0.1) is 0 Å². The first-order valence-electron chi connectivity index (χ1n) is 6.13. The van der Waals surface area contributed by atoms with Crippen molar-refractivity contribution in [3.8, 4) is 0 Å². The molecule has 0 radical (unpaired) electrons. The molecule has 0 heterocycles. The third-order valence-electron chi connectivity index (χ3n) is 2.33. The third-order valence-corrected chi connectivity index (χ3v) is 2.33. The number of aliphatic imine (C=N–C) groups is 1. The monoisotopic (exact) mass is 278 g/mol. The molecule has 1 aromatic carbocycles. The maximum atomic E-state index is 10.7. The van der Waals surface area contributed by atoms with Crippen LogP contribution in [0.1, 0.15) is 17.3 Å². The molecule has 7 nitrogen and oxygen atoms in total. The molecule has 0 bridgehead atoms. The largest absolute Gasteiger partial charge is 0.478 e. The second kappa shape index (κ2) is 8.52. The zero-order valence-electron chi connectivity index (χ0n) is 11.2. The first-order valence-corrected chi connectivity index (χ1v) is 6.13. The summed E-state index contributed by atoms with van der Waals surface area (Å²) < 4.78 is 0. The molecule has 0 aliphatic rings. The van der Waals surface area contributed by atoms with Crippen molar-refractivity contribution in [3.63, 3.8) is 0 Å². The number of nitrogens with zero attached hydrogens (tertiary/aromatic N) is 1. The Bertz CT molecular complexity index is 471. The van der Waals surface area contributed by atoms with Crippen molar-refractivity contribution in [2.75, 3.05) is 25.1 Å². The second-order valence-corrected chi connectivity index (χ2v) is 3.97. The molecule has 0 atom stereocenters. The number of carbonyl (C=O) groups is 2. The molecule has 4 N–H and O–H groups in total. The Balaban J connectivity index is 2.17. The van der Waals surface area contributed by atoms with Crippen LogP contribution >= 0.6 is 0 Å². The van der Waals surface area contributed by atoms with Gasteiger partial charge in [0.15, 0.2) is 0 Å². The van der Waals surface area contributed by atoms with E-state index in [1.54, 1.807) is 18.5 Å². The number of aromatic carboxylic acids is 1. The van der Waals surface area contributed by atoms with E-state index in [1.165, 1.54) is 19.1 Å². The molecule has 0 saturated heterocycles. The van der Waals surface area contributed by atoms with Crippen LogP contribution in [0.3, 0.4) is 0 Å². The number of amides is 1. The minimum Gasteiger partial charge on any atom is -0.478 e. The Morgan fingerprint density at radius 3 is 2.55 bits per heavy atom. The molecule has 0 fully saturated rings. The van der Waals surface area contributed by atoms with Gasteiger partial charge in [0.2, 0.25) is 5.91 Å². The summed E-state index contributed by atoms with van der Waals surface area (Å²) in [5, 5.41) is 17.3. The molecule has 0 unspecified atom stereocenters. The highest BCUT2D eigenvalue weighted by molar-refractivity contribution is 5.88. The van der Waals surface area contributed by atoms with Gasteiger partial charge in [-0.15, -0.1) is 0 Å². The van der Waals surface area contributed by atoms with Crippen LogP contribution in [0.15, 0.2) is 29.3 Å². The number of carboxylic acid groups (broad SMARTS) is 1. The number of nitrogens with one attached hydrogen (secondary N) is 3. The Hall–Kier alpha value is -2.57. The van der Waals surface area contributed by atoms with Crippen LogP contribution in [0.2, 0.25) is 0 Å². The minimum absolute atomic E-state index is 0.0600. The summed E-state index contributed by atoms with van der Waals surface area (Å²) >= 11 is 0. The average molecular weight is 278 g/mol. The fraction of sp³-hybridized carbons (Fsp3) is 0.308. The van der Waals surface area contributed by atoms with Crippen LogP contribution in [0.5, 0.6) is 0 Å². The predicted molar refractivity (Wildman–Crippen MR) is 77.1 cm³/mol. The standard InChI is InChI=1S/C13H18N4O3/c1-10(18)16-7-6-14-8-15-9-17-12-4-2-11(3-5-12)13(19)20/h2-5,8,17H,6-7,9H2,1H3,(H,14,15)(H,16,18)(H,19,20). The summed E-state index contributed by atoms with van der Waals surface area (Å²) in [6.45, 7) is 3.00. The number of hydrogen-bond donors (Lipinski definition) is 4. The molecule has 0 saturated carbocycles. The predicted octanol–water partition coefficient (Wildman–Crippen LogP) is 0.508. The van der Waals surface area contributed by atoms with Gasteiger partial charge in [-0.2, -0.15) is 0 Å². The van der Waals surface area contributed by atoms with Crippen molar-refractivity contribution in [3.05, 3.63) is 29.8 Å². The van der Waals surface area contributed by atoms with Gasteiger partial charge in [-0.25, -0.2) is 4.79 Å². The van der Waals surface area contributed by atoms with Gasteiger partial charge >= 0.3 is 5.97 Å². The van der Waals surface area contributed by atoms with Gasteiger partial charge < -0.3 is 21.1 Å². The molecular weight excluding hydrogens is 260 g/mol.